The molecule has 0 unspecified atom stereocenters. The average molecular weight is 275 g/mol. The number of pyridine rings is 2. The first-order chi connectivity index (χ1) is 10.3. The third-order valence-corrected chi connectivity index (χ3v) is 3.10. The second-order valence-corrected chi connectivity index (χ2v) is 4.50. The summed E-state index contributed by atoms with van der Waals surface area (Å²) in [6, 6.07) is 15.0. The van der Waals surface area contributed by atoms with Gasteiger partial charge in [-0.1, -0.05) is 12.1 Å². The number of amides is 1. The van der Waals surface area contributed by atoms with Crippen molar-refractivity contribution in [3.8, 4) is 11.1 Å². The van der Waals surface area contributed by atoms with Crippen LogP contribution in [0.5, 0.6) is 0 Å². The summed E-state index contributed by atoms with van der Waals surface area (Å²) in [4.78, 5) is 19.9. The van der Waals surface area contributed by atoms with Crippen molar-refractivity contribution in [3.63, 3.8) is 0 Å². The van der Waals surface area contributed by atoms with Crippen molar-refractivity contribution in [1.29, 1.82) is 0 Å². The van der Waals surface area contributed by atoms with Crippen LogP contribution in [0.1, 0.15) is 10.4 Å². The van der Waals surface area contributed by atoms with Crippen LogP contribution in [0.4, 0.5) is 5.69 Å². The zero-order valence-corrected chi connectivity index (χ0v) is 11.2. The van der Waals surface area contributed by atoms with Crippen LogP contribution in [0, 0.1) is 0 Å². The second kappa shape index (κ2) is 5.96. The molecule has 0 spiro atoms. The van der Waals surface area contributed by atoms with Crippen LogP contribution in [0.2, 0.25) is 0 Å². The molecule has 0 aliphatic rings. The van der Waals surface area contributed by atoms with Gasteiger partial charge in [0.2, 0.25) is 0 Å². The summed E-state index contributed by atoms with van der Waals surface area (Å²) in [6.07, 6.45) is 6.71. The second-order valence-electron chi connectivity index (χ2n) is 4.50. The van der Waals surface area contributed by atoms with Gasteiger partial charge < -0.3 is 5.32 Å². The highest BCUT2D eigenvalue weighted by molar-refractivity contribution is 6.04. The van der Waals surface area contributed by atoms with Gasteiger partial charge in [-0.2, -0.15) is 0 Å². The maximum Gasteiger partial charge on any atom is 0.255 e. The van der Waals surface area contributed by atoms with Crippen molar-refractivity contribution in [1.82, 2.24) is 9.97 Å². The molecular formula is C17H13N3O. The highest BCUT2D eigenvalue weighted by Gasteiger charge is 2.05. The van der Waals surface area contributed by atoms with Gasteiger partial charge in [-0.15, -0.1) is 0 Å². The van der Waals surface area contributed by atoms with Gasteiger partial charge in [0.05, 0.1) is 0 Å². The Morgan fingerprint density at radius 3 is 1.86 bits per heavy atom. The van der Waals surface area contributed by atoms with Gasteiger partial charge >= 0.3 is 0 Å². The van der Waals surface area contributed by atoms with Crippen molar-refractivity contribution in [3.05, 3.63) is 78.9 Å². The molecule has 102 valence electrons. The van der Waals surface area contributed by atoms with E-state index in [1.165, 1.54) is 0 Å². The Kier molecular flexibility index (Phi) is 3.69. The van der Waals surface area contributed by atoms with Gasteiger partial charge in [-0.3, -0.25) is 14.8 Å². The third kappa shape index (κ3) is 3.12. The average Bonchev–Trinajstić information content (AvgIpc) is 2.57. The van der Waals surface area contributed by atoms with Crippen LogP contribution in [-0.2, 0) is 0 Å². The molecule has 0 saturated carbocycles. The van der Waals surface area contributed by atoms with Gasteiger partial charge in [0.25, 0.3) is 5.91 Å². The number of nitrogens with one attached hydrogen (secondary N) is 1. The summed E-state index contributed by atoms with van der Waals surface area (Å²) in [5.41, 5.74) is 3.52. The fraction of sp³-hybridized carbons (Fsp3) is 0. The summed E-state index contributed by atoms with van der Waals surface area (Å²) >= 11 is 0. The maximum atomic E-state index is 12.0. The van der Waals surface area contributed by atoms with E-state index in [9.17, 15) is 4.79 Å². The standard InChI is InChI=1S/C17H13N3O/c21-17(15-7-11-19-12-8-15)20-16-3-1-13(2-4-16)14-5-9-18-10-6-14/h1-12H,(H,20,21). The topological polar surface area (TPSA) is 54.9 Å². The van der Waals surface area contributed by atoms with Gasteiger partial charge in [0, 0.05) is 36.0 Å². The van der Waals surface area contributed by atoms with E-state index >= 15 is 0 Å². The number of carbonyl (C=O) groups excluding carboxylic acids is 1. The number of rotatable bonds is 3. The van der Waals surface area contributed by atoms with Crippen molar-refractivity contribution in [2.24, 2.45) is 0 Å². The fourth-order valence-electron chi connectivity index (χ4n) is 2.00. The Hall–Kier alpha value is -3.01. The first-order valence-electron chi connectivity index (χ1n) is 6.55. The van der Waals surface area contributed by atoms with E-state index in [0.717, 1.165) is 16.8 Å². The molecule has 1 aromatic carbocycles. The molecule has 3 aromatic rings. The molecule has 3 rings (SSSR count). The largest absolute Gasteiger partial charge is 0.322 e. The molecule has 1 amide bonds. The van der Waals surface area contributed by atoms with E-state index < -0.39 is 0 Å². The van der Waals surface area contributed by atoms with Gasteiger partial charge in [0.1, 0.15) is 0 Å². The van der Waals surface area contributed by atoms with E-state index in [0.29, 0.717) is 5.56 Å². The molecule has 2 heterocycles. The maximum absolute atomic E-state index is 12.0. The van der Waals surface area contributed by atoms with Crippen molar-refractivity contribution in [2.45, 2.75) is 0 Å². The molecule has 0 bridgehead atoms. The van der Waals surface area contributed by atoms with Crippen LogP contribution in [0.3, 0.4) is 0 Å². The summed E-state index contributed by atoms with van der Waals surface area (Å²) < 4.78 is 0. The number of aromatic nitrogens is 2. The van der Waals surface area contributed by atoms with Crippen LogP contribution < -0.4 is 5.32 Å². The predicted molar refractivity (Wildman–Crippen MR) is 81.9 cm³/mol. The number of carbonyl (C=O) groups is 1. The zero-order chi connectivity index (χ0) is 14.5. The molecule has 0 radical (unpaired) electrons. The Morgan fingerprint density at radius 1 is 0.714 bits per heavy atom. The van der Waals surface area contributed by atoms with Crippen LogP contribution in [0.15, 0.2) is 73.3 Å². The number of hydrogen-bond donors (Lipinski definition) is 1. The Bertz CT molecular complexity index is 725. The lowest BCUT2D eigenvalue weighted by Crippen LogP contribution is -2.11. The number of benzene rings is 1. The highest BCUT2D eigenvalue weighted by atomic mass is 16.1. The molecule has 0 atom stereocenters. The molecule has 0 saturated heterocycles. The zero-order valence-electron chi connectivity index (χ0n) is 11.2. The third-order valence-electron chi connectivity index (χ3n) is 3.10. The van der Waals surface area contributed by atoms with Crippen LogP contribution in [-0.4, -0.2) is 15.9 Å². The quantitative estimate of drug-likeness (QED) is 0.797. The lowest BCUT2D eigenvalue weighted by atomic mass is 10.1. The SMILES string of the molecule is O=C(Nc1ccc(-c2ccncc2)cc1)c1ccncc1. The summed E-state index contributed by atoms with van der Waals surface area (Å²) in [5.74, 6) is -0.144. The first kappa shape index (κ1) is 13.0. The van der Waals surface area contributed by atoms with E-state index in [4.69, 9.17) is 0 Å². The molecule has 21 heavy (non-hydrogen) atoms. The van der Waals surface area contributed by atoms with Crippen molar-refractivity contribution in [2.75, 3.05) is 5.32 Å². The molecular weight excluding hydrogens is 262 g/mol. The number of hydrogen-bond acceptors (Lipinski definition) is 3. The molecule has 0 aliphatic heterocycles. The lowest BCUT2D eigenvalue weighted by molar-refractivity contribution is 0.102. The van der Waals surface area contributed by atoms with Crippen LogP contribution in [0.25, 0.3) is 11.1 Å². The summed E-state index contributed by atoms with van der Waals surface area (Å²) in [7, 11) is 0. The molecule has 0 fully saturated rings. The van der Waals surface area contributed by atoms with E-state index in [1.54, 1.807) is 36.9 Å². The monoisotopic (exact) mass is 275 g/mol. The van der Waals surface area contributed by atoms with Crippen molar-refractivity contribution >= 4 is 11.6 Å². The van der Waals surface area contributed by atoms with Gasteiger partial charge in [-0.25, -0.2) is 0 Å². The molecule has 0 aliphatic carbocycles. The lowest BCUT2D eigenvalue weighted by Gasteiger charge is -2.06. The molecule has 4 nitrogen and oxygen atoms in total. The Balaban J connectivity index is 1.75. The van der Waals surface area contributed by atoms with Crippen LogP contribution >= 0.6 is 0 Å². The highest BCUT2D eigenvalue weighted by Crippen LogP contribution is 2.20. The minimum absolute atomic E-state index is 0.144. The molecule has 2 aromatic heterocycles. The minimum Gasteiger partial charge on any atom is -0.322 e. The van der Waals surface area contributed by atoms with E-state index in [-0.39, 0.29) is 5.91 Å². The number of anilines is 1. The normalized spacial score (nSPS) is 10.1. The van der Waals surface area contributed by atoms with E-state index in [1.807, 2.05) is 36.4 Å². The smallest absolute Gasteiger partial charge is 0.255 e. The Morgan fingerprint density at radius 2 is 1.24 bits per heavy atom. The number of nitrogens with zero attached hydrogens (tertiary/aromatic N) is 2. The van der Waals surface area contributed by atoms with E-state index in [2.05, 4.69) is 15.3 Å². The summed E-state index contributed by atoms with van der Waals surface area (Å²) in [5, 5.41) is 2.86. The predicted octanol–water partition coefficient (Wildman–Crippen LogP) is 3.40. The first-order valence-corrected chi connectivity index (χ1v) is 6.55. The summed E-state index contributed by atoms with van der Waals surface area (Å²) in [6.45, 7) is 0. The van der Waals surface area contributed by atoms with Crippen molar-refractivity contribution < 1.29 is 4.79 Å². The van der Waals surface area contributed by atoms with Gasteiger partial charge in [0.15, 0.2) is 0 Å². The minimum atomic E-state index is -0.144. The fourth-order valence-corrected chi connectivity index (χ4v) is 2.00. The van der Waals surface area contributed by atoms with Gasteiger partial charge in [-0.05, 0) is 47.5 Å². The Labute approximate surface area is 122 Å². The molecule has 4 heteroatoms. The molecule has 1 N–H and O–H groups in total.